The quantitative estimate of drug-likeness (QED) is 0.210. The van der Waals surface area contributed by atoms with E-state index in [0.29, 0.717) is 36.1 Å². The molecule has 3 aliphatic heterocycles. The standard InChI is InChI=1S/C37H37FN6O5S/c1-42(20-22-4-2-3-5-27(22)28-9-11-32(46)40-34(28)47)25-12-15-43(16-13-25)26-8-6-23-21-44(36(49)29(23)19-26)33(30-18-24(38)7-10-31(30)45)35(48)41-37-39-14-17-50-37/h2-8,10,14,17-19,25,28,33,45H,9,11-13,15-16,20-21H2,1H3,(H,39,41,48)(H,40,46,47). The lowest BCUT2D eigenvalue weighted by molar-refractivity contribution is -0.134. The zero-order valence-electron chi connectivity index (χ0n) is 27.5. The van der Waals surface area contributed by atoms with Crippen molar-refractivity contribution in [1.29, 1.82) is 0 Å². The Kier molecular flexibility index (Phi) is 9.34. The molecule has 4 heterocycles. The average molecular weight is 697 g/mol. The number of phenols is 1. The number of hydrogen-bond donors (Lipinski definition) is 3. The minimum absolute atomic E-state index is 0.00800. The number of thiazole rings is 1. The second-order valence-electron chi connectivity index (χ2n) is 13.0. The summed E-state index contributed by atoms with van der Waals surface area (Å²) in [6.07, 6.45) is 4.18. The zero-order chi connectivity index (χ0) is 34.9. The Balaban J connectivity index is 1.03. The van der Waals surface area contributed by atoms with Crippen LogP contribution in [0.4, 0.5) is 15.2 Å². The molecule has 3 aromatic carbocycles. The number of carbonyl (C=O) groups excluding carboxylic acids is 4. The van der Waals surface area contributed by atoms with E-state index in [0.717, 1.165) is 60.4 Å². The molecule has 0 aliphatic carbocycles. The monoisotopic (exact) mass is 696 g/mol. The summed E-state index contributed by atoms with van der Waals surface area (Å²) < 4.78 is 14.4. The Bertz CT molecular complexity index is 1950. The highest BCUT2D eigenvalue weighted by Gasteiger charge is 2.40. The van der Waals surface area contributed by atoms with Crippen molar-refractivity contribution in [1.82, 2.24) is 20.1 Å². The van der Waals surface area contributed by atoms with Crippen molar-refractivity contribution in [3.8, 4) is 5.75 Å². The van der Waals surface area contributed by atoms with Gasteiger partial charge in [0.2, 0.25) is 11.8 Å². The first-order valence-electron chi connectivity index (χ1n) is 16.7. The maximum atomic E-state index is 14.4. The summed E-state index contributed by atoms with van der Waals surface area (Å²) in [4.78, 5) is 61.9. The van der Waals surface area contributed by atoms with Crippen molar-refractivity contribution in [2.24, 2.45) is 0 Å². The van der Waals surface area contributed by atoms with Gasteiger partial charge in [0, 0.05) is 67.0 Å². The Hall–Kier alpha value is -5.14. The summed E-state index contributed by atoms with van der Waals surface area (Å²) in [5.74, 6) is -2.70. The highest BCUT2D eigenvalue weighted by atomic mass is 32.1. The fraction of sp³-hybridized carbons (Fsp3) is 0.324. The van der Waals surface area contributed by atoms with Crippen LogP contribution in [0.1, 0.15) is 70.3 Å². The summed E-state index contributed by atoms with van der Waals surface area (Å²) in [6.45, 7) is 2.35. The van der Waals surface area contributed by atoms with Crippen LogP contribution in [-0.4, -0.2) is 69.7 Å². The SMILES string of the molecule is CN(Cc1ccccc1C1CCC(=O)NC1=O)C1CCN(c2ccc3c(c2)C(=O)N(C(C(=O)Nc2nccs2)c2cc(F)ccc2O)C3)CC1. The predicted molar refractivity (Wildman–Crippen MR) is 186 cm³/mol. The Morgan fingerprint density at radius 2 is 1.90 bits per heavy atom. The number of fused-ring (bicyclic) bond motifs is 1. The van der Waals surface area contributed by atoms with Crippen molar-refractivity contribution in [2.75, 3.05) is 30.4 Å². The number of halogens is 1. The fourth-order valence-corrected chi connectivity index (χ4v) is 7.87. The highest BCUT2D eigenvalue weighted by Crippen LogP contribution is 2.38. The van der Waals surface area contributed by atoms with E-state index < -0.39 is 17.8 Å². The molecule has 0 spiro atoms. The van der Waals surface area contributed by atoms with Gasteiger partial charge in [-0.25, -0.2) is 9.37 Å². The summed E-state index contributed by atoms with van der Waals surface area (Å²) in [7, 11) is 2.10. The van der Waals surface area contributed by atoms with Crippen LogP contribution in [0.25, 0.3) is 0 Å². The van der Waals surface area contributed by atoms with E-state index in [4.69, 9.17) is 0 Å². The van der Waals surface area contributed by atoms with Crippen LogP contribution in [-0.2, 0) is 27.5 Å². The second-order valence-corrected chi connectivity index (χ2v) is 13.9. The maximum Gasteiger partial charge on any atom is 0.255 e. The van der Waals surface area contributed by atoms with Gasteiger partial charge in [-0.3, -0.25) is 34.7 Å². The normalized spacial score (nSPS) is 18.7. The third-order valence-corrected chi connectivity index (χ3v) is 10.7. The van der Waals surface area contributed by atoms with Crippen molar-refractivity contribution >= 4 is 45.8 Å². The number of imide groups is 1. The summed E-state index contributed by atoms with van der Waals surface area (Å²) in [6, 6.07) is 16.1. The molecule has 0 radical (unpaired) electrons. The first-order chi connectivity index (χ1) is 24.2. The van der Waals surface area contributed by atoms with Crippen LogP contribution in [0.5, 0.6) is 5.75 Å². The van der Waals surface area contributed by atoms with Crippen LogP contribution in [0.15, 0.2) is 72.2 Å². The van der Waals surface area contributed by atoms with Gasteiger partial charge in [0.25, 0.3) is 11.8 Å². The number of aromatic nitrogens is 1. The van der Waals surface area contributed by atoms with E-state index in [1.165, 1.54) is 28.5 Å². The van der Waals surface area contributed by atoms with Gasteiger partial charge in [-0.1, -0.05) is 30.3 Å². The highest BCUT2D eigenvalue weighted by molar-refractivity contribution is 7.13. The smallest absolute Gasteiger partial charge is 0.255 e. The molecule has 4 aromatic rings. The van der Waals surface area contributed by atoms with E-state index in [2.05, 4.69) is 38.5 Å². The molecule has 2 atom stereocenters. The molecule has 3 aliphatic rings. The molecule has 1 aromatic heterocycles. The number of nitrogens with zero attached hydrogens (tertiary/aromatic N) is 4. The number of benzene rings is 3. The van der Waals surface area contributed by atoms with Gasteiger partial charge < -0.3 is 14.9 Å². The number of anilines is 2. The molecular weight excluding hydrogens is 660 g/mol. The third kappa shape index (κ3) is 6.70. The summed E-state index contributed by atoms with van der Waals surface area (Å²) >= 11 is 1.21. The van der Waals surface area contributed by atoms with E-state index >= 15 is 0 Å². The molecule has 3 N–H and O–H groups in total. The number of phenolic OH excluding ortho intramolecular Hbond substituents is 1. The first kappa shape index (κ1) is 33.4. The van der Waals surface area contributed by atoms with E-state index in [1.54, 1.807) is 5.38 Å². The van der Waals surface area contributed by atoms with Gasteiger partial charge in [-0.2, -0.15) is 0 Å². The van der Waals surface area contributed by atoms with Crippen LogP contribution >= 0.6 is 11.3 Å². The first-order valence-corrected chi connectivity index (χ1v) is 17.5. The van der Waals surface area contributed by atoms with Gasteiger partial charge in [-0.15, -0.1) is 11.3 Å². The van der Waals surface area contributed by atoms with E-state index in [9.17, 15) is 28.7 Å². The van der Waals surface area contributed by atoms with Crippen LogP contribution in [0.3, 0.4) is 0 Å². The fourth-order valence-electron chi connectivity index (χ4n) is 7.34. The number of carbonyl (C=O) groups is 4. The number of nitrogens with one attached hydrogen (secondary N) is 2. The molecule has 13 heteroatoms. The van der Waals surface area contributed by atoms with Gasteiger partial charge in [0.15, 0.2) is 5.13 Å². The lowest BCUT2D eigenvalue weighted by atomic mass is 9.87. The minimum atomic E-state index is -1.29. The molecule has 258 valence electrons. The van der Waals surface area contributed by atoms with Crippen molar-refractivity contribution in [3.05, 3.63) is 106 Å². The lowest BCUT2D eigenvalue weighted by Gasteiger charge is -2.38. The maximum absolute atomic E-state index is 14.4. The van der Waals surface area contributed by atoms with Gasteiger partial charge in [-0.05, 0) is 73.3 Å². The predicted octanol–water partition coefficient (Wildman–Crippen LogP) is 4.94. The largest absolute Gasteiger partial charge is 0.508 e. The molecule has 11 nitrogen and oxygen atoms in total. The second kappa shape index (κ2) is 14.0. The Morgan fingerprint density at radius 3 is 2.66 bits per heavy atom. The van der Waals surface area contributed by atoms with Crippen molar-refractivity contribution in [2.45, 2.75) is 56.8 Å². The molecular formula is C37H37FN6O5S. The molecule has 0 saturated carbocycles. The van der Waals surface area contributed by atoms with Gasteiger partial charge in [0.05, 0.1) is 5.92 Å². The number of piperidine rings is 2. The summed E-state index contributed by atoms with van der Waals surface area (Å²) in [5.41, 5.74) is 4.15. The topological polar surface area (TPSA) is 135 Å². The molecule has 2 fully saturated rings. The van der Waals surface area contributed by atoms with Crippen molar-refractivity contribution in [3.63, 3.8) is 0 Å². The third-order valence-electron chi connectivity index (χ3n) is 9.97. The van der Waals surface area contributed by atoms with E-state index in [1.807, 2.05) is 36.4 Å². The Labute approximate surface area is 292 Å². The number of rotatable bonds is 9. The summed E-state index contributed by atoms with van der Waals surface area (Å²) in [5, 5.41) is 17.9. The molecule has 7 rings (SSSR count). The van der Waals surface area contributed by atoms with E-state index in [-0.39, 0.29) is 41.5 Å². The van der Waals surface area contributed by atoms with Crippen LogP contribution < -0.4 is 15.5 Å². The minimum Gasteiger partial charge on any atom is -0.508 e. The molecule has 4 amide bonds. The van der Waals surface area contributed by atoms with Gasteiger partial charge >= 0.3 is 0 Å². The number of aromatic hydroxyl groups is 1. The molecule has 50 heavy (non-hydrogen) atoms. The molecule has 2 saturated heterocycles. The van der Waals surface area contributed by atoms with Crippen molar-refractivity contribution < 1.29 is 28.7 Å². The van der Waals surface area contributed by atoms with Crippen LogP contribution in [0.2, 0.25) is 0 Å². The zero-order valence-corrected chi connectivity index (χ0v) is 28.3. The Morgan fingerprint density at radius 1 is 1.10 bits per heavy atom. The van der Waals surface area contributed by atoms with Crippen LogP contribution in [0, 0.1) is 5.82 Å². The lowest BCUT2D eigenvalue weighted by Crippen LogP contribution is -2.43. The number of amides is 4. The molecule has 0 bridgehead atoms. The molecule has 2 unspecified atom stereocenters. The van der Waals surface area contributed by atoms with Gasteiger partial charge in [0.1, 0.15) is 17.6 Å². The number of hydrogen-bond acceptors (Lipinski definition) is 9. The average Bonchev–Trinajstić information content (AvgIpc) is 3.74.